The highest BCUT2D eigenvalue weighted by molar-refractivity contribution is 5.58. The van der Waals surface area contributed by atoms with E-state index in [1.54, 1.807) is 0 Å². The minimum atomic E-state index is 0.590. The molecule has 1 heteroatoms. The van der Waals surface area contributed by atoms with Crippen LogP contribution in [0.3, 0.4) is 0 Å². The maximum Gasteiger partial charge on any atom is 0.0378 e. The fourth-order valence-corrected chi connectivity index (χ4v) is 1.67. The largest absolute Gasteiger partial charge is 0.382 e. The Morgan fingerprint density at radius 3 is 2.64 bits per heavy atom. The van der Waals surface area contributed by atoms with E-state index in [4.69, 9.17) is 0 Å². The maximum absolute atomic E-state index is 3.45. The molecule has 0 spiro atoms. The fraction of sp³-hybridized carbons (Fsp3) is 0.400. The van der Waals surface area contributed by atoms with E-state index in [1.807, 2.05) is 0 Å². The first kappa shape index (κ1) is 6.71. The van der Waals surface area contributed by atoms with Crippen molar-refractivity contribution in [2.75, 3.05) is 5.32 Å². The summed E-state index contributed by atoms with van der Waals surface area (Å²) >= 11 is 0. The molecule has 0 bridgehead atoms. The highest BCUT2D eigenvalue weighted by Gasteiger charge is 2.23. The molecule has 0 aromatic heterocycles. The first-order chi connectivity index (χ1) is 5.29. The first-order valence-corrected chi connectivity index (χ1v) is 4.14. The van der Waals surface area contributed by atoms with Gasteiger partial charge in [0.25, 0.3) is 0 Å². The molecule has 0 radical (unpaired) electrons. The minimum Gasteiger partial charge on any atom is -0.382 e. The van der Waals surface area contributed by atoms with Crippen molar-refractivity contribution in [2.45, 2.75) is 25.8 Å². The van der Waals surface area contributed by atoms with Crippen LogP contribution >= 0.6 is 0 Å². The van der Waals surface area contributed by atoms with Crippen LogP contribution in [-0.2, 0) is 0 Å². The van der Waals surface area contributed by atoms with Crippen LogP contribution in [0.2, 0.25) is 0 Å². The van der Waals surface area contributed by atoms with Crippen LogP contribution in [0.25, 0.3) is 0 Å². The smallest absolute Gasteiger partial charge is 0.0378 e. The molecular formula is C10H13N. The zero-order chi connectivity index (χ0) is 7.84. The molecule has 1 aliphatic rings. The quantitative estimate of drug-likeness (QED) is 0.594. The molecule has 1 aromatic rings. The van der Waals surface area contributed by atoms with E-state index in [-0.39, 0.29) is 0 Å². The summed E-state index contributed by atoms with van der Waals surface area (Å²) in [5.41, 5.74) is 2.77. The molecule has 11 heavy (non-hydrogen) atoms. The molecule has 0 fully saturated rings. The molecule has 1 N–H and O–H groups in total. The van der Waals surface area contributed by atoms with Gasteiger partial charge in [0.2, 0.25) is 0 Å². The summed E-state index contributed by atoms with van der Waals surface area (Å²) in [7, 11) is 0. The van der Waals surface area contributed by atoms with Crippen molar-refractivity contribution in [3.05, 3.63) is 29.8 Å². The SMILES string of the molecule is C[C@@H]1c2ccccc2N[C@@H]1C. The van der Waals surface area contributed by atoms with E-state index in [0.717, 1.165) is 0 Å². The van der Waals surface area contributed by atoms with Gasteiger partial charge in [-0.3, -0.25) is 0 Å². The molecule has 1 aliphatic heterocycles. The summed E-state index contributed by atoms with van der Waals surface area (Å²) in [6.45, 7) is 4.49. The second kappa shape index (κ2) is 2.26. The van der Waals surface area contributed by atoms with Crippen LogP contribution in [-0.4, -0.2) is 6.04 Å². The zero-order valence-corrected chi connectivity index (χ0v) is 6.96. The van der Waals surface area contributed by atoms with Crippen molar-refractivity contribution in [3.8, 4) is 0 Å². The number of hydrogen-bond donors (Lipinski definition) is 1. The minimum absolute atomic E-state index is 0.590. The lowest BCUT2D eigenvalue weighted by Gasteiger charge is -2.08. The van der Waals surface area contributed by atoms with Crippen molar-refractivity contribution in [3.63, 3.8) is 0 Å². The van der Waals surface area contributed by atoms with Gasteiger partial charge in [-0.05, 0) is 18.6 Å². The highest BCUT2D eigenvalue weighted by atomic mass is 15.0. The van der Waals surface area contributed by atoms with Crippen molar-refractivity contribution in [1.82, 2.24) is 0 Å². The highest BCUT2D eigenvalue weighted by Crippen LogP contribution is 2.34. The monoisotopic (exact) mass is 147 g/mol. The van der Waals surface area contributed by atoms with Gasteiger partial charge >= 0.3 is 0 Å². The molecule has 1 aromatic carbocycles. The first-order valence-electron chi connectivity index (χ1n) is 4.14. The van der Waals surface area contributed by atoms with Gasteiger partial charge in [-0.15, -0.1) is 0 Å². The third-order valence-electron chi connectivity index (χ3n) is 2.58. The summed E-state index contributed by atoms with van der Waals surface area (Å²) in [5.74, 6) is 0.659. The van der Waals surface area contributed by atoms with E-state index >= 15 is 0 Å². The predicted octanol–water partition coefficient (Wildman–Crippen LogP) is 2.60. The molecule has 1 heterocycles. The van der Waals surface area contributed by atoms with Crippen molar-refractivity contribution >= 4 is 5.69 Å². The van der Waals surface area contributed by atoms with Crippen LogP contribution in [0.15, 0.2) is 24.3 Å². The standard InChI is InChI=1S/C10H13N/c1-7-8(2)11-10-6-4-3-5-9(7)10/h3-8,11H,1-2H3/t7-,8+/m0/s1. The summed E-state index contributed by atoms with van der Waals surface area (Å²) < 4.78 is 0. The van der Waals surface area contributed by atoms with Crippen molar-refractivity contribution in [2.24, 2.45) is 0 Å². The molecule has 58 valence electrons. The molecule has 0 amide bonds. The van der Waals surface area contributed by atoms with Crippen molar-refractivity contribution in [1.29, 1.82) is 0 Å². The molecule has 0 saturated carbocycles. The van der Waals surface area contributed by atoms with Crippen molar-refractivity contribution < 1.29 is 0 Å². The second-order valence-corrected chi connectivity index (χ2v) is 3.31. The van der Waals surface area contributed by atoms with Gasteiger partial charge in [0.15, 0.2) is 0 Å². The van der Waals surface area contributed by atoms with Crippen LogP contribution in [0, 0.1) is 0 Å². The third kappa shape index (κ3) is 0.917. The Bertz CT molecular complexity index is 267. The topological polar surface area (TPSA) is 12.0 Å². The van der Waals surface area contributed by atoms with Gasteiger partial charge < -0.3 is 5.32 Å². The van der Waals surface area contributed by atoms with Crippen LogP contribution in [0.1, 0.15) is 25.3 Å². The number of para-hydroxylation sites is 1. The summed E-state index contributed by atoms with van der Waals surface area (Å²) in [6.07, 6.45) is 0. The van der Waals surface area contributed by atoms with Crippen LogP contribution in [0.5, 0.6) is 0 Å². The van der Waals surface area contributed by atoms with E-state index in [1.165, 1.54) is 11.3 Å². The molecule has 0 unspecified atom stereocenters. The number of nitrogens with one attached hydrogen (secondary N) is 1. The lowest BCUT2D eigenvalue weighted by molar-refractivity contribution is 0.690. The number of anilines is 1. The zero-order valence-electron chi connectivity index (χ0n) is 6.96. The van der Waals surface area contributed by atoms with Gasteiger partial charge in [0.1, 0.15) is 0 Å². The van der Waals surface area contributed by atoms with Gasteiger partial charge in [0, 0.05) is 17.6 Å². The Balaban J connectivity index is 2.47. The lowest BCUT2D eigenvalue weighted by Crippen LogP contribution is -2.12. The third-order valence-corrected chi connectivity index (χ3v) is 2.58. The average Bonchev–Trinajstić information content (AvgIpc) is 2.30. The Morgan fingerprint density at radius 1 is 1.18 bits per heavy atom. The Morgan fingerprint density at radius 2 is 1.91 bits per heavy atom. The van der Waals surface area contributed by atoms with E-state index in [0.29, 0.717) is 12.0 Å². The summed E-state index contributed by atoms with van der Waals surface area (Å²) in [4.78, 5) is 0. The summed E-state index contributed by atoms with van der Waals surface area (Å²) in [6, 6.07) is 9.13. The predicted molar refractivity (Wildman–Crippen MR) is 47.9 cm³/mol. The average molecular weight is 147 g/mol. The van der Waals surface area contributed by atoms with Gasteiger partial charge in [-0.25, -0.2) is 0 Å². The van der Waals surface area contributed by atoms with Gasteiger partial charge in [-0.2, -0.15) is 0 Å². The molecule has 1 nitrogen and oxygen atoms in total. The van der Waals surface area contributed by atoms with E-state index in [9.17, 15) is 0 Å². The van der Waals surface area contributed by atoms with Gasteiger partial charge in [0.05, 0.1) is 0 Å². The van der Waals surface area contributed by atoms with E-state index in [2.05, 4.69) is 43.4 Å². The second-order valence-electron chi connectivity index (χ2n) is 3.31. The lowest BCUT2D eigenvalue weighted by atomic mass is 9.99. The number of rotatable bonds is 0. The van der Waals surface area contributed by atoms with Crippen LogP contribution < -0.4 is 5.32 Å². The molecule has 0 aliphatic carbocycles. The Labute approximate surface area is 67.4 Å². The van der Waals surface area contributed by atoms with Crippen LogP contribution in [0.4, 0.5) is 5.69 Å². The van der Waals surface area contributed by atoms with E-state index < -0.39 is 0 Å². The van der Waals surface area contributed by atoms with Gasteiger partial charge in [-0.1, -0.05) is 25.1 Å². The molecular weight excluding hydrogens is 134 g/mol. The number of hydrogen-bond acceptors (Lipinski definition) is 1. The number of benzene rings is 1. The molecule has 0 saturated heterocycles. The summed E-state index contributed by atoms with van der Waals surface area (Å²) in [5, 5.41) is 3.45. The Hall–Kier alpha value is -0.980. The number of fused-ring (bicyclic) bond motifs is 1. The molecule has 2 atom stereocenters. The molecule has 2 rings (SSSR count). The normalized spacial score (nSPS) is 27.8. The fourth-order valence-electron chi connectivity index (χ4n) is 1.67. The maximum atomic E-state index is 3.45. The Kier molecular flexibility index (Phi) is 1.38.